The largest absolute Gasteiger partial charge is 0.368 e. The molecule has 0 saturated carbocycles. The van der Waals surface area contributed by atoms with Crippen LogP contribution in [0.1, 0.15) is 27.2 Å². The number of nitrogens with one attached hydrogen (secondary N) is 1. The van der Waals surface area contributed by atoms with Crippen molar-refractivity contribution in [1.29, 1.82) is 0 Å². The Bertz CT molecular complexity index is 183. The van der Waals surface area contributed by atoms with E-state index in [9.17, 15) is 4.79 Å². The minimum atomic E-state index is -0.215. The van der Waals surface area contributed by atoms with Crippen LogP contribution >= 0.6 is 0 Å². The first-order valence-electron chi connectivity index (χ1n) is 4.45. The third kappa shape index (κ3) is 1.78. The van der Waals surface area contributed by atoms with Crippen LogP contribution in [0.5, 0.6) is 0 Å². The van der Waals surface area contributed by atoms with E-state index in [1.165, 1.54) is 0 Å². The van der Waals surface area contributed by atoms with Gasteiger partial charge >= 0.3 is 0 Å². The van der Waals surface area contributed by atoms with Crippen LogP contribution in [0.2, 0.25) is 0 Å². The van der Waals surface area contributed by atoms with Crippen LogP contribution in [-0.2, 0) is 4.79 Å². The summed E-state index contributed by atoms with van der Waals surface area (Å²) in [7, 11) is 0. The van der Waals surface area contributed by atoms with Crippen LogP contribution in [0.25, 0.3) is 0 Å². The second-order valence-corrected chi connectivity index (χ2v) is 4.60. The average Bonchev–Trinajstić information content (AvgIpc) is 2.30. The number of amides is 1. The molecule has 0 radical (unpaired) electrons. The summed E-state index contributed by atoms with van der Waals surface area (Å²) in [5.41, 5.74) is 5.45. The average molecular weight is 170 g/mol. The zero-order valence-corrected chi connectivity index (χ0v) is 8.05. The van der Waals surface area contributed by atoms with Gasteiger partial charge in [0, 0.05) is 0 Å². The normalized spacial score (nSPS) is 30.6. The lowest BCUT2D eigenvalue weighted by Gasteiger charge is -2.30. The zero-order valence-electron chi connectivity index (χ0n) is 8.05. The van der Waals surface area contributed by atoms with E-state index in [2.05, 4.69) is 26.1 Å². The number of carbonyl (C=O) groups excluding carboxylic acids is 1. The Morgan fingerprint density at radius 1 is 1.50 bits per heavy atom. The molecular weight excluding hydrogens is 152 g/mol. The topological polar surface area (TPSA) is 55.1 Å². The number of primary amides is 1. The maximum Gasteiger partial charge on any atom is 0.234 e. The fourth-order valence-corrected chi connectivity index (χ4v) is 1.94. The molecular formula is C9H18N2O. The Balaban J connectivity index is 2.71. The van der Waals surface area contributed by atoms with Crippen molar-refractivity contribution in [1.82, 2.24) is 5.32 Å². The highest BCUT2D eigenvalue weighted by atomic mass is 16.1. The molecule has 1 saturated heterocycles. The quantitative estimate of drug-likeness (QED) is 0.602. The molecule has 3 heteroatoms. The molecule has 0 bridgehead atoms. The van der Waals surface area contributed by atoms with E-state index >= 15 is 0 Å². The molecule has 70 valence electrons. The van der Waals surface area contributed by atoms with Crippen molar-refractivity contribution in [2.75, 3.05) is 6.54 Å². The molecule has 1 aliphatic rings. The minimum Gasteiger partial charge on any atom is -0.368 e. The van der Waals surface area contributed by atoms with Crippen molar-refractivity contribution in [3.8, 4) is 0 Å². The molecule has 1 aliphatic heterocycles. The monoisotopic (exact) mass is 170 g/mol. The lowest BCUT2D eigenvalue weighted by Crippen LogP contribution is -2.44. The van der Waals surface area contributed by atoms with Crippen LogP contribution in [0.15, 0.2) is 0 Å². The minimum absolute atomic E-state index is 0.120. The SMILES string of the molecule is CC(C)(C)[C@H]1CCN[C@@H]1C(N)=O. The van der Waals surface area contributed by atoms with Gasteiger partial charge in [-0.25, -0.2) is 0 Å². The first-order valence-corrected chi connectivity index (χ1v) is 4.45. The Labute approximate surface area is 73.7 Å². The zero-order chi connectivity index (χ0) is 9.35. The maximum atomic E-state index is 11.0. The lowest BCUT2D eigenvalue weighted by atomic mass is 9.76. The molecule has 0 unspecified atom stereocenters. The van der Waals surface area contributed by atoms with Crippen molar-refractivity contribution < 1.29 is 4.79 Å². The highest BCUT2D eigenvalue weighted by molar-refractivity contribution is 5.80. The molecule has 1 rings (SSSR count). The highest BCUT2D eigenvalue weighted by Gasteiger charge is 2.38. The molecule has 0 spiro atoms. The summed E-state index contributed by atoms with van der Waals surface area (Å²) in [5, 5.41) is 3.14. The summed E-state index contributed by atoms with van der Waals surface area (Å²) in [4.78, 5) is 11.0. The van der Waals surface area contributed by atoms with Gasteiger partial charge in [0.1, 0.15) is 0 Å². The third-order valence-electron chi connectivity index (χ3n) is 2.64. The van der Waals surface area contributed by atoms with Crippen molar-refractivity contribution >= 4 is 5.91 Å². The first kappa shape index (κ1) is 9.52. The fraction of sp³-hybridized carbons (Fsp3) is 0.889. The maximum absolute atomic E-state index is 11.0. The first-order chi connectivity index (χ1) is 5.43. The van der Waals surface area contributed by atoms with Gasteiger partial charge < -0.3 is 11.1 Å². The van der Waals surface area contributed by atoms with Crippen LogP contribution in [-0.4, -0.2) is 18.5 Å². The Morgan fingerprint density at radius 2 is 2.08 bits per heavy atom. The van der Waals surface area contributed by atoms with Gasteiger partial charge in [0.15, 0.2) is 0 Å². The highest BCUT2D eigenvalue weighted by Crippen LogP contribution is 2.34. The molecule has 1 heterocycles. The summed E-state index contributed by atoms with van der Waals surface area (Å²) in [6.07, 6.45) is 1.05. The number of nitrogens with two attached hydrogens (primary N) is 1. The molecule has 3 N–H and O–H groups in total. The van der Waals surface area contributed by atoms with Gasteiger partial charge in [-0.3, -0.25) is 4.79 Å². The van der Waals surface area contributed by atoms with Gasteiger partial charge in [-0.2, -0.15) is 0 Å². The van der Waals surface area contributed by atoms with E-state index in [0.29, 0.717) is 5.92 Å². The number of hydrogen-bond donors (Lipinski definition) is 2. The van der Waals surface area contributed by atoms with E-state index in [0.717, 1.165) is 13.0 Å². The van der Waals surface area contributed by atoms with Gasteiger partial charge in [0.2, 0.25) is 5.91 Å². The number of rotatable bonds is 1. The molecule has 0 aromatic heterocycles. The van der Waals surface area contributed by atoms with Gasteiger partial charge in [0.25, 0.3) is 0 Å². The van der Waals surface area contributed by atoms with E-state index < -0.39 is 0 Å². The second-order valence-electron chi connectivity index (χ2n) is 4.60. The third-order valence-corrected chi connectivity index (χ3v) is 2.64. The van der Waals surface area contributed by atoms with Crippen LogP contribution in [0.4, 0.5) is 0 Å². The molecule has 0 aromatic carbocycles. The number of carbonyl (C=O) groups is 1. The van der Waals surface area contributed by atoms with Crippen molar-refractivity contribution in [2.45, 2.75) is 33.2 Å². The van der Waals surface area contributed by atoms with E-state index in [4.69, 9.17) is 5.73 Å². The van der Waals surface area contributed by atoms with Gasteiger partial charge in [0.05, 0.1) is 6.04 Å². The molecule has 2 atom stereocenters. The number of hydrogen-bond acceptors (Lipinski definition) is 2. The van der Waals surface area contributed by atoms with E-state index in [1.54, 1.807) is 0 Å². The Hall–Kier alpha value is -0.570. The summed E-state index contributed by atoms with van der Waals surface area (Å²) in [6, 6.07) is -0.120. The van der Waals surface area contributed by atoms with E-state index in [-0.39, 0.29) is 17.4 Å². The standard InChI is InChI=1S/C9H18N2O/c1-9(2,3)6-4-5-11-7(6)8(10)12/h6-7,11H,4-5H2,1-3H3,(H2,10,12)/t6-,7-/m0/s1. The van der Waals surface area contributed by atoms with E-state index in [1.807, 2.05) is 0 Å². The molecule has 0 aromatic rings. The summed E-state index contributed by atoms with van der Waals surface area (Å²) in [6.45, 7) is 7.37. The predicted molar refractivity (Wildman–Crippen MR) is 48.5 cm³/mol. The fourth-order valence-electron chi connectivity index (χ4n) is 1.94. The van der Waals surface area contributed by atoms with Crippen molar-refractivity contribution in [2.24, 2.45) is 17.1 Å². The predicted octanol–water partition coefficient (Wildman–Crippen LogP) is 0.496. The molecule has 1 amide bonds. The molecule has 0 aliphatic carbocycles. The van der Waals surface area contributed by atoms with Gasteiger partial charge in [-0.05, 0) is 24.3 Å². The lowest BCUT2D eigenvalue weighted by molar-refractivity contribution is -0.121. The summed E-state index contributed by atoms with van der Waals surface area (Å²) < 4.78 is 0. The van der Waals surface area contributed by atoms with Crippen LogP contribution in [0.3, 0.4) is 0 Å². The smallest absolute Gasteiger partial charge is 0.234 e. The van der Waals surface area contributed by atoms with Crippen molar-refractivity contribution in [3.05, 3.63) is 0 Å². The summed E-state index contributed by atoms with van der Waals surface area (Å²) >= 11 is 0. The summed E-state index contributed by atoms with van der Waals surface area (Å²) in [5.74, 6) is 0.169. The van der Waals surface area contributed by atoms with Crippen LogP contribution < -0.4 is 11.1 Å². The Morgan fingerprint density at radius 3 is 2.42 bits per heavy atom. The molecule has 3 nitrogen and oxygen atoms in total. The molecule has 12 heavy (non-hydrogen) atoms. The second kappa shape index (κ2) is 3.05. The van der Waals surface area contributed by atoms with Gasteiger partial charge in [-0.15, -0.1) is 0 Å². The van der Waals surface area contributed by atoms with Crippen molar-refractivity contribution in [3.63, 3.8) is 0 Å². The molecule has 1 fully saturated rings. The van der Waals surface area contributed by atoms with Gasteiger partial charge in [-0.1, -0.05) is 20.8 Å². The Kier molecular flexibility index (Phi) is 2.42. The van der Waals surface area contributed by atoms with Crippen LogP contribution in [0, 0.1) is 11.3 Å².